The van der Waals surface area contributed by atoms with Crippen molar-refractivity contribution in [2.75, 3.05) is 23.3 Å². The number of nitrogens with zero attached hydrogens (tertiary/aromatic N) is 7. The van der Waals surface area contributed by atoms with E-state index in [2.05, 4.69) is 45.8 Å². The number of benzene rings is 1. The number of nitrogens with one attached hydrogen (secondary N) is 2. The van der Waals surface area contributed by atoms with Gasteiger partial charge in [0.2, 0.25) is 5.95 Å². The van der Waals surface area contributed by atoms with Crippen molar-refractivity contribution in [3.8, 4) is 11.6 Å². The first-order valence-corrected chi connectivity index (χ1v) is 10.6. The van der Waals surface area contributed by atoms with Gasteiger partial charge in [-0.3, -0.25) is 0 Å². The number of alkyl halides is 3. The maximum Gasteiger partial charge on any atom is 0.416 e. The monoisotopic (exact) mass is 469 g/mol. The van der Waals surface area contributed by atoms with E-state index in [1.807, 2.05) is 0 Å². The van der Waals surface area contributed by atoms with Crippen molar-refractivity contribution in [1.82, 2.24) is 35.6 Å². The number of aromatic amines is 1. The van der Waals surface area contributed by atoms with Crippen LogP contribution in [0.5, 0.6) is 0 Å². The Morgan fingerprint density at radius 2 is 1.88 bits per heavy atom. The zero-order valence-corrected chi connectivity index (χ0v) is 17.6. The molecule has 2 N–H and O–H groups in total. The number of halogens is 3. The minimum absolute atomic E-state index is 0.264. The molecule has 1 saturated carbocycles. The van der Waals surface area contributed by atoms with Crippen LogP contribution in [0.1, 0.15) is 22.7 Å². The summed E-state index contributed by atoms with van der Waals surface area (Å²) >= 11 is 0. The van der Waals surface area contributed by atoms with Crippen molar-refractivity contribution in [3.05, 3.63) is 59.5 Å². The fourth-order valence-electron chi connectivity index (χ4n) is 4.49. The number of rotatable bonds is 6. The zero-order chi connectivity index (χ0) is 23.3. The normalized spacial score (nSPS) is 21.5. The van der Waals surface area contributed by atoms with Crippen molar-refractivity contribution in [3.63, 3.8) is 0 Å². The summed E-state index contributed by atoms with van der Waals surface area (Å²) in [6.07, 6.45) is -1.04. The van der Waals surface area contributed by atoms with Gasteiger partial charge in [0.05, 0.1) is 17.5 Å². The molecule has 0 radical (unpaired) electrons. The van der Waals surface area contributed by atoms with Gasteiger partial charge >= 0.3 is 12.2 Å². The summed E-state index contributed by atoms with van der Waals surface area (Å²) in [4.78, 5) is 10.6. The molecule has 10 nitrogen and oxygen atoms in total. The largest absolute Gasteiger partial charge is 0.416 e. The molecule has 0 amide bonds. The molecule has 4 aromatic rings. The van der Waals surface area contributed by atoms with Gasteiger partial charge in [-0.25, -0.2) is 9.97 Å². The first-order chi connectivity index (χ1) is 16.5. The van der Waals surface area contributed by atoms with Crippen LogP contribution in [0, 0.1) is 11.8 Å². The van der Waals surface area contributed by atoms with Crippen molar-refractivity contribution in [2.24, 2.45) is 11.8 Å². The van der Waals surface area contributed by atoms with E-state index >= 15 is 0 Å². The first-order valence-electron chi connectivity index (χ1n) is 10.6. The molecule has 0 spiro atoms. The van der Waals surface area contributed by atoms with Crippen molar-refractivity contribution < 1.29 is 17.6 Å². The van der Waals surface area contributed by atoms with Crippen molar-refractivity contribution >= 4 is 12.0 Å². The van der Waals surface area contributed by atoms with Gasteiger partial charge < -0.3 is 14.6 Å². The van der Waals surface area contributed by atoms with Gasteiger partial charge in [0.25, 0.3) is 5.89 Å². The fourth-order valence-corrected chi connectivity index (χ4v) is 4.49. The molecule has 4 heterocycles. The van der Waals surface area contributed by atoms with Gasteiger partial charge in [0.15, 0.2) is 0 Å². The number of hydrogen-bond donors (Lipinski definition) is 2. The second-order valence-electron chi connectivity index (χ2n) is 8.36. The van der Waals surface area contributed by atoms with Gasteiger partial charge in [-0.2, -0.15) is 28.6 Å². The van der Waals surface area contributed by atoms with Gasteiger partial charge in [-0.15, -0.1) is 5.10 Å². The van der Waals surface area contributed by atoms with Crippen LogP contribution in [-0.4, -0.2) is 48.7 Å². The Labute approximate surface area is 190 Å². The zero-order valence-electron chi connectivity index (χ0n) is 17.6. The predicted molar refractivity (Wildman–Crippen MR) is 112 cm³/mol. The van der Waals surface area contributed by atoms with Crippen LogP contribution in [0.25, 0.3) is 11.6 Å². The number of aromatic nitrogens is 7. The highest BCUT2D eigenvalue weighted by Gasteiger charge is 2.58. The lowest BCUT2D eigenvalue weighted by Gasteiger charge is -2.15. The average Bonchev–Trinajstić information content (AvgIpc) is 3.37. The van der Waals surface area contributed by atoms with E-state index in [4.69, 9.17) is 4.42 Å². The molecule has 6 rings (SSSR count). The SMILES string of the molecule is FC(F)(F)c1ccc(CNc2nccc(-c3nnc(N4CC5C(C4)C5c4cn[nH]n4)o3)n2)cc1. The van der Waals surface area contributed by atoms with E-state index in [-0.39, 0.29) is 12.4 Å². The summed E-state index contributed by atoms with van der Waals surface area (Å²) in [6, 6.07) is 7.02. The average molecular weight is 469 g/mol. The van der Waals surface area contributed by atoms with Gasteiger partial charge in [-0.1, -0.05) is 17.2 Å². The summed E-state index contributed by atoms with van der Waals surface area (Å²) in [5.41, 5.74) is 1.43. The number of hydrogen-bond acceptors (Lipinski definition) is 9. The molecule has 34 heavy (non-hydrogen) atoms. The van der Waals surface area contributed by atoms with Crippen LogP contribution in [0.15, 0.2) is 47.1 Å². The van der Waals surface area contributed by atoms with E-state index in [1.54, 1.807) is 18.5 Å². The molecule has 2 unspecified atom stereocenters. The molecule has 13 heteroatoms. The second-order valence-corrected chi connectivity index (χ2v) is 8.36. The lowest BCUT2D eigenvalue weighted by molar-refractivity contribution is -0.137. The Balaban J connectivity index is 1.08. The lowest BCUT2D eigenvalue weighted by Crippen LogP contribution is -2.23. The third-order valence-corrected chi connectivity index (χ3v) is 6.26. The third kappa shape index (κ3) is 3.82. The van der Waals surface area contributed by atoms with Crippen LogP contribution in [0.3, 0.4) is 0 Å². The minimum Gasteiger partial charge on any atom is -0.402 e. The van der Waals surface area contributed by atoms with Crippen molar-refractivity contribution in [2.45, 2.75) is 18.6 Å². The number of anilines is 2. The van der Waals surface area contributed by atoms with E-state index in [1.165, 1.54) is 12.1 Å². The molecule has 1 aliphatic carbocycles. The summed E-state index contributed by atoms with van der Waals surface area (Å²) < 4.78 is 44.0. The topological polar surface area (TPSA) is 122 Å². The molecule has 2 fully saturated rings. The predicted octanol–water partition coefficient (Wildman–Crippen LogP) is 3.13. The Kier molecular flexibility index (Phi) is 4.71. The van der Waals surface area contributed by atoms with Crippen LogP contribution < -0.4 is 10.2 Å². The number of H-pyrrole nitrogens is 1. The maximum atomic E-state index is 12.7. The van der Waals surface area contributed by atoms with Crippen molar-refractivity contribution in [1.29, 1.82) is 0 Å². The molecule has 1 aliphatic heterocycles. The van der Waals surface area contributed by atoms with E-state index in [9.17, 15) is 13.2 Å². The fraction of sp³-hybridized carbons (Fsp3) is 0.333. The quantitative estimate of drug-likeness (QED) is 0.439. The summed E-state index contributed by atoms with van der Waals surface area (Å²) in [5.74, 6) is 2.00. The molecule has 174 valence electrons. The van der Waals surface area contributed by atoms with Crippen LogP contribution in [0.2, 0.25) is 0 Å². The first kappa shape index (κ1) is 20.6. The molecule has 2 aliphatic rings. The number of piperidine rings is 1. The Hall–Kier alpha value is -4.03. The van der Waals surface area contributed by atoms with E-state index in [0.29, 0.717) is 41.0 Å². The minimum atomic E-state index is -4.36. The third-order valence-electron chi connectivity index (χ3n) is 6.26. The Morgan fingerprint density at radius 1 is 1.09 bits per heavy atom. The van der Waals surface area contributed by atoms with Gasteiger partial charge in [0.1, 0.15) is 5.69 Å². The molecular formula is C21H18F3N9O. The lowest BCUT2D eigenvalue weighted by atomic mass is 10.1. The summed E-state index contributed by atoms with van der Waals surface area (Å²) in [6.45, 7) is 1.89. The molecule has 1 saturated heterocycles. The summed E-state index contributed by atoms with van der Waals surface area (Å²) in [7, 11) is 0. The molecule has 0 bridgehead atoms. The van der Waals surface area contributed by atoms with E-state index < -0.39 is 11.7 Å². The maximum absolute atomic E-state index is 12.7. The Bertz CT molecular complexity index is 1280. The number of fused-ring (bicyclic) bond motifs is 1. The highest BCUT2D eigenvalue weighted by molar-refractivity contribution is 5.50. The standard InChI is InChI=1S/C21H18F3N9O/c22-21(23,24)12-3-1-11(2-4-12)7-26-19-25-6-5-15(28-19)18-30-31-20(34-18)33-9-13-14(10-33)17(13)16-8-27-32-29-16/h1-6,8,13-14,17H,7,9-10H2,(H,25,26,28)(H,27,29,32). The molecule has 1 aromatic carbocycles. The van der Waals surface area contributed by atoms with Crippen LogP contribution >= 0.6 is 0 Å². The van der Waals surface area contributed by atoms with Crippen LogP contribution in [-0.2, 0) is 12.7 Å². The van der Waals surface area contributed by atoms with Crippen LogP contribution in [0.4, 0.5) is 25.1 Å². The van der Waals surface area contributed by atoms with E-state index in [0.717, 1.165) is 30.9 Å². The molecular weight excluding hydrogens is 451 g/mol. The van der Waals surface area contributed by atoms with Gasteiger partial charge in [-0.05, 0) is 35.6 Å². The smallest absolute Gasteiger partial charge is 0.402 e. The van der Waals surface area contributed by atoms with Gasteiger partial charge in [0, 0.05) is 31.7 Å². The highest BCUT2D eigenvalue weighted by atomic mass is 19.4. The highest BCUT2D eigenvalue weighted by Crippen LogP contribution is 2.58. The summed E-state index contributed by atoms with van der Waals surface area (Å²) in [5, 5.41) is 22.0. The Morgan fingerprint density at radius 3 is 2.59 bits per heavy atom. The second kappa shape index (κ2) is 7.78. The molecule has 2 atom stereocenters. The molecule has 3 aromatic heterocycles.